The predicted molar refractivity (Wildman–Crippen MR) is 66.8 cm³/mol. The fourth-order valence-corrected chi connectivity index (χ4v) is 2.29. The Bertz CT molecular complexity index is 296. The highest BCUT2D eigenvalue weighted by Gasteiger charge is 2.29. The van der Waals surface area contributed by atoms with Crippen LogP contribution in [0, 0.1) is 0 Å². The maximum Gasteiger partial charge on any atom is 0.405 e. The zero-order valence-electron chi connectivity index (χ0n) is 11.4. The lowest BCUT2D eigenvalue weighted by Gasteiger charge is -2.24. The van der Waals surface area contributed by atoms with Gasteiger partial charge < -0.3 is 10.6 Å². The molecule has 1 rings (SSSR count). The maximum atomic E-state index is 12.0. The molecule has 112 valence electrons. The molecule has 19 heavy (non-hydrogen) atoms. The average molecular weight is 281 g/mol. The Labute approximate surface area is 111 Å². The highest BCUT2D eigenvalue weighted by Crippen LogP contribution is 2.15. The number of nitrogens with zero attached hydrogens (tertiary/aromatic N) is 1. The molecule has 0 bridgehead atoms. The summed E-state index contributed by atoms with van der Waals surface area (Å²) in [6.45, 7) is 5.03. The van der Waals surface area contributed by atoms with Gasteiger partial charge in [0.2, 0.25) is 5.91 Å². The Morgan fingerprint density at radius 2 is 2.16 bits per heavy atom. The van der Waals surface area contributed by atoms with Crippen LogP contribution in [0.25, 0.3) is 0 Å². The molecule has 0 aromatic carbocycles. The standard InChI is InChI=1S/C12H22F3N3O/c1-3-18-6-4-5-10(18)7-16-9(2)11(19)17-8-12(13,14)15/h9-10,16H,3-8H2,1-2H3,(H,17,19). The van der Waals surface area contributed by atoms with Crippen molar-refractivity contribution >= 4 is 5.91 Å². The lowest BCUT2D eigenvalue weighted by Crippen LogP contribution is -2.48. The van der Waals surface area contributed by atoms with Crippen molar-refractivity contribution in [2.75, 3.05) is 26.2 Å². The van der Waals surface area contributed by atoms with Gasteiger partial charge in [0.1, 0.15) is 6.54 Å². The van der Waals surface area contributed by atoms with Crippen LogP contribution in [0.2, 0.25) is 0 Å². The van der Waals surface area contributed by atoms with E-state index in [1.165, 1.54) is 0 Å². The predicted octanol–water partition coefficient (Wildman–Crippen LogP) is 1.13. The molecule has 1 aliphatic heterocycles. The van der Waals surface area contributed by atoms with Gasteiger partial charge in [0.05, 0.1) is 6.04 Å². The van der Waals surface area contributed by atoms with Crippen molar-refractivity contribution in [2.24, 2.45) is 0 Å². The van der Waals surface area contributed by atoms with Crippen LogP contribution < -0.4 is 10.6 Å². The van der Waals surface area contributed by atoms with Crippen LogP contribution >= 0.6 is 0 Å². The lowest BCUT2D eigenvalue weighted by molar-refractivity contribution is -0.139. The third kappa shape index (κ3) is 5.78. The molecule has 1 amide bonds. The van der Waals surface area contributed by atoms with Gasteiger partial charge in [-0.05, 0) is 32.9 Å². The molecule has 1 fully saturated rings. The fourth-order valence-electron chi connectivity index (χ4n) is 2.29. The summed E-state index contributed by atoms with van der Waals surface area (Å²) in [5, 5.41) is 4.89. The minimum atomic E-state index is -4.36. The molecule has 2 N–H and O–H groups in total. The Morgan fingerprint density at radius 3 is 2.74 bits per heavy atom. The molecule has 0 radical (unpaired) electrons. The lowest BCUT2D eigenvalue weighted by atomic mass is 10.2. The molecule has 1 heterocycles. The topological polar surface area (TPSA) is 44.4 Å². The van der Waals surface area contributed by atoms with Crippen molar-refractivity contribution in [3.05, 3.63) is 0 Å². The molecule has 0 aliphatic carbocycles. The second kappa shape index (κ2) is 7.09. The molecule has 0 spiro atoms. The third-order valence-corrected chi connectivity index (χ3v) is 3.42. The van der Waals surface area contributed by atoms with Gasteiger partial charge in [-0.1, -0.05) is 6.92 Å². The summed E-state index contributed by atoms with van der Waals surface area (Å²) in [4.78, 5) is 13.8. The first-order chi connectivity index (χ1) is 8.83. The van der Waals surface area contributed by atoms with E-state index in [2.05, 4.69) is 17.1 Å². The summed E-state index contributed by atoms with van der Waals surface area (Å²) < 4.78 is 35.9. The van der Waals surface area contributed by atoms with Gasteiger partial charge in [-0.3, -0.25) is 9.69 Å². The van der Waals surface area contributed by atoms with Crippen molar-refractivity contribution in [1.29, 1.82) is 0 Å². The van der Waals surface area contributed by atoms with Crippen LogP contribution in [0.4, 0.5) is 13.2 Å². The zero-order chi connectivity index (χ0) is 14.5. The average Bonchev–Trinajstić information content (AvgIpc) is 2.79. The summed E-state index contributed by atoms with van der Waals surface area (Å²) >= 11 is 0. The Morgan fingerprint density at radius 1 is 1.47 bits per heavy atom. The summed E-state index contributed by atoms with van der Waals surface area (Å²) in [7, 11) is 0. The monoisotopic (exact) mass is 281 g/mol. The highest BCUT2D eigenvalue weighted by atomic mass is 19.4. The van der Waals surface area contributed by atoms with E-state index < -0.39 is 24.7 Å². The van der Waals surface area contributed by atoms with E-state index in [1.807, 2.05) is 5.32 Å². The molecule has 0 saturated carbocycles. The van der Waals surface area contributed by atoms with E-state index in [1.54, 1.807) is 6.92 Å². The molecule has 1 saturated heterocycles. The van der Waals surface area contributed by atoms with Crippen molar-refractivity contribution in [3.8, 4) is 0 Å². The molecule has 2 unspecified atom stereocenters. The number of rotatable bonds is 6. The van der Waals surface area contributed by atoms with Gasteiger partial charge in [-0.25, -0.2) is 0 Å². The molecular weight excluding hydrogens is 259 g/mol. The third-order valence-electron chi connectivity index (χ3n) is 3.42. The number of carbonyl (C=O) groups is 1. The van der Waals surface area contributed by atoms with E-state index >= 15 is 0 Å². The molecular formula is C12H22F3N3O. The van der Waals surface area contributed by atoms with Gasteiger partial charge in [0.25, 0.3) is 0 Å². The summed E-state index contributed by atoms with van der Waals surface area (Å²) in [6.07, 6.45) is -2.16. The first-order valence-corrected chi connectivity index (χ1v) is 6.65. The number of likely N-dealkylation sites (N-methyl/N-ethyl adjacent to an activating group) is 1. The largest absolute Gasteiger partial charge is 0.405 e. The fraction of sp³-hybridized carbons (Fsp3) is 0.917. The summed E-state index contributed by atoms with van der Waals surface area (Å²) in [5.74, 6) is -0.613. The van der Waals surface area contributed by atoms with Crippen molar-refractivity contribution < 1.29 is 18.0 Å². The quantitative estimate of drug-likeness (QED) is 0.767. The summed E-state index contributed by atoms with van der Waals surface area (Å²) in [5.41, 5.74) is 0. The van der Waals surface area contributed by atoms with Crippen LogP contribution in [-0.4, -0.2) is 55.2 Å². The highest BCUT2D eigenvalue weighted by molar-refractivity contribution is 5.81. The minimum Gasteiger partial charge on any atom is -0.346 e. The molecule has 0 aromatic heterocycles. The Balaban J connectivity index is 2.26. The van der Waals surface area contributed by atoms with Crippen molar-refractivity contribution in [1.82, 2.24) is 15.5 Å². The molecule has 2 atom stereocenters. The van der Waals surface area contributed by atoms with E-state index in [4.69, 9.17) is 0 Å². The second-order valence-corrected chi connectivity index (χ2v) is 4.89. The minimum absolute atomic E-state index is 0.378. The first-order valence-electron chi connectivity index (χ1n) is 6.65. The van der Waals surface area contributed by atoms with Crippen LogP contribution in [-0.2, 0) is 4.79 Å². The number of amides is 1. The smallest absolute Gasteiger partial charge is 0.346 e. The Kier molecular flexibility index (Phi) is 6.06. The number of likely N-dealkylation sites (tertiary alicyclic amines) is 1. The number of alkyl halides is 3. The van der Waals surface area contributed by atoms with Crippen LogP contribution in [0.3, 0.4) is 0 Å². The second-order valence-electron chi connectivity index (χ2n) is 4.89. The van der Waals surface area contributed by atoms with Gasteiger partial charge in [0, 0.05) is 12.6 Å². The van der Waals surface area contributed by atoms with E-state index in [0.29, 0.717) is 12.6 Å². The Hall–Kier alpha value is -0.820. The van der Waals surface area contributed by atoms with E-state index in [9.17, 15) is 18.0 Å². The number of hydrogen-bond donors (Lipinski definition) is 2. The summed E-state index contributed by atoms with van der Waals surface area (Å²) in [6, 6.07) is -0.232. The van der Waals surface area contributed by atoms with Gasteiger partial charge in [-0.2, -0.15) is 13.2 Å². The molecule has 1 aliphatic rings. The van der Waals surface area contributed by atoms with E-state index in [-0.39, 0.29) is 0 Å². The number of nitrogens with one attached hydrogen (secondary N) is 2. The van der Waals surface area contributed by atoms with Crippen molar-refractivity contribution in [3.63, 3.8) is 0 Å². The maximum absolute atomic E-state index is 12.0. The normalized spacial score (nSPS) is 22.5. The zero-order valence-corrected chi connectivity index (χ0v) is 11.4. The molecule has 0 aromatic rings. The van der Waals surface area contributed by atoms with Gasteiger partial charge >= 0.3 is 6.18 Å². The van der Waals surface area contributed by atoms with Crippen LogP contribution in [0.15, 0.2) is 0 Å². The number of halogens is 3. The van der Waals surface area contributed by atoms with Gasteiger partial charge in [0.15, 0.2) is 0 Å². The van der Waals surface area contributed by atoms with Crippen molar-refractivity contribution in [2.45, 2.75) is 44.9 Å². The molecule has 7 heteroatoms. The molecule has 4 nitrogen and oxygen atoms in total. The van der Waals surface area contributed by atoms with Gasteiger partial charge in [-0.15, -0.1) is 0 Å². The van der Waals surface area contributed by atoms with Crippen LogP contribution in [0.1, 0.15) is 26.7 Å². The number of carbonyl (C=O) groups excluding carboxylic acids is 1. The first kappa shape index (κ1) is 16.2. The number of hydrogen-bond acceptors (Lipinski definition) is 3. The SMILES string of the molecule is CCN1CCCC1CNC(C)C(=O)NCC(F)(F)F. The van der Waals surface area contributed by atoms with Crippen LogP contribution in [0.5, 0.6) is 0 Å². The van der Waals surface area contributed by atoms with E-state index in [0.717, 1.165) is 25.9 Å².